The van der Waals surface area contributed by atoms with Gasteiger partial charge in [-0.3, -0.25) is 0 Å². The highest BCUT2D eigenvalue weighted by atomic mass is 19.3. The molecule has 0 aromatic heterocycles. The fourth-order valence-corrected chi connectivity index (χ4v) is 1.59. The molecule has 96 valence electrons. The van der Waals surface area contributed by atoms with Crippen molar-refractivity contribution in [3.63, 3.8) is 0 Å². The predicted molar refractivity (Wildman–Crippen MR) is 61.4 cm³/mol. The zero-order valence-corrected chi connectivity index (χ0v) is 9.74. The smallest absolute Gasteiger partial charge is 0.251 e. The average molecular weight is 246 g/mol. The minimum atomic E-state index is -2.34. The summed E-state index contributed by atoms with van der Waals surface area (Å²) in [7, 11) is 1.62. The van der Waals surface area contributed by atoms with Gasteiger partial charge in [0.1, 0.15) is 5.82 Å². The molecule has 2 N–H and O–H groups in total. The maximum Gasteiger partial charge on any atom is 0.251 e. The van der Waals surface area contributed by atoms with E-state index in [4.69, 9.17) is 5.73 Å². The molecule has 17 heavy (non-hydrogen) atoms. The van der Waals surface area contributed by atoms with Crippen LogP contribution in [0.4, 0.5) is 13.2 Å². The molecule has 0 amide bonds. The summed E-state index contributed by atoms with van der Waals surface area (Å²) >= 11 is 0. The first kappa shape index (κ1) is 14.0. The van der Waals surface area contributed by atoms with Crippen molar-refractivity contribution in [2.24, 2.45) is 5.73 Å². The Morgan fingerprint density at radius 2 is 2.06 bits per heavy atom. The Labute approximate surface area is 99.2 Å². The normalized spacial score (nSPS) is 13.4. The van der Waals surface area contributed by atoms with Crippen LogP contribution in [0.5, 0.6) is 0 Å². The lowest BCUT2D eigenvalue weighted by atomic mass is 10.0. The minimum Gasteiger partial charge on any atom is -0.324 e. The van der Waals surface area contributed by atoms with Crippen molar-refractivity contribution in [3.05, 3.63) is 35.6 Å². The molecule has 5 heteroatoms. The SMILES string of the molecule is CN(CCC(N)c1cccc(F)c1)CC(F)F. The van der Waals surface area contributed by atoms with E-state index in [1.54, 1.807) is 19.2 Å². The molecule has 0 saturated carbocycles. The fourth-order valence-electron chi connectivity index (χ4n) is 1.59. The first-order valence-corrected chi connectivity index (χ1v) is 5.46. The second-order valence-electron chi connectivity index (χ2n) is 4.10. The van der Waals surface area contributed by atoms with Crippen LogP contribution in [0.25, 0.3) is 0 Å². The van der Waals surface area contributed by atoms with Crippen molar-refractivity contribution >= 4 is 0 Å². The molecule has 1 atom stereocenters. The van der Waals surface area contributed by atoms with Crippen LogP contribution in [0.15, 0.2) is 24.3 Å². The van der Waals surface area contributed by atoms with Crippen LogP contribution in [-0.2, 0) is 0 Å². The molecule has 1 unspecified atom stereocenters. The van der Waals surface area contributed by atoms with Gasteiger partial charge in [0, 0.05) is 6.04 Å². The lowest BCUT2D eigenvalue weighted by Gasteiger charge is -2.19. The zero-order chi connectivity index (χ0) is 12.8. The maximum atomic E-state index is 12.9. The van der Waals surface area contributed by atoms with Gasteiger partial charge in [-0.2, -0.15) is 0 Å². The highest BCUT2D eigenvalue weighted by Crippen LogP contribution is 2.15. The summed E-state index contributed by atoms with van der Waals surface area (Å²) in [6.07, 6.45) is -1.82. The molecule has 1 aromatic carbocycles. The third-order valence-corrected chi connectivity index (χ3v) is 2.55. The number of nitrogens with two attached hydrogens (primary N) is 1. The maximum absolute atomic E-state index is 12.9. The van der Waals surface area contributed by atoms with Gasteiger partial charge in [0.25, 0.3) is 6.43 Å². The Morgan fingerprint density at radius 1 is 1.35 bits per heavy atom. The molecule has 0 aliphatic carbocycles. The molecular formula is C12H17F3N2. The van der Waals surface area contributed by atoms with Crippen molar-refractivity contribution in [2.75, 3.05) is 20.1 Å². The van der Waals surface area contributed by atoms with Gasteiger partial charge >= 0.3 is 0 Å². The van der Waals surface area contributed by atoms with Crippen LogP contribution < -0.4 is 5.73 Å². The molecule has 0 aliphatic heterocycles. The Balaban J connectivity index is 2.42. The summed E-state index contributed by atoms with van der Waals surface area (Å²) in [5.41, 5.74) is 6.55. The van der Waals surface area contributed by atoms with Gasteiger partial charge in [-0.25, -0.2) is 13.2 Å². The molecule has 0 aliphatic rings. The monoisotopic (exact) mass is 246 g/mol. The van der Waals surface area contributed by atoms with Crippen molar-refractivity contribution in [1.82, 2.24) is 4.90 Å². The van der Waals surface area contributed by atoms with Crippen LogP contribution in [-0.4, -0.2) is 31.5 Å². The van der Waals surface area contributed by atoms with Crippen molar-refractivity contribution in [3.8, 4) is 0 Å². The molecule has 0 bridgehead atoms. The number of alkyl halides is 2. The Bertz CT molecular complexity index is 344. The molecule has 1 rings (SSSR count). The van der Waals surface area contributed by atoms with Gasteiger partial charge in [-0.1, -0.05) is 12.1 Å². The van der Waals surface area contributed by atoms with Crippen LogP contribution in [0, 0.1) is 5.82 Å². The second kappa shape index (κ2) is 6.61. The predicted octanol–water partition coefficient (Wildman–Crippen LogP) is 2.41. The van der Waals surface area contributed by atoms with Crippen LogP contribution >= 0.6 is 0 Å². The summed E-state index contributed by atoms with van der Waals surface area (Å²) in [6.45, 7) is 0.192. The Morgan fingerprint density at radius 3 is 2.65 bits per heavy atom. The van der Waals surface area contributed by atoms with Crippen LogP contribution in [0.3, 0.4) is 0 Å². The number of halogens is 3. The number of hydrogen-bond acceptors (Lipinski definition) is 2. The van der Waals surface area contributed by atoms with E-state index >= 15 is 0 Å². The van der Waals surface area contributed by atoms with E-state index in [-0.39, 0.29) is 18.4 Å². The minimum absolute atomic E-state index is 0.268. The number of nitrogens with zero attached hydrogens (tertiary/aromatic N) is 1. The average Bonchev–Trinajstić information content (AvgIpc) is 2.25. The second-order valence-corrected chi connectivity index (χ2v) is 4.10. The first-order valence-electron chi connectivity index (χ1n) is 5.46. The molecule has 0 radical (unpaired) electrons. The molecule has 0 saturated heterocycles. The van der Waals surface area contributed by atoms with E-state index in [1.807, 2.05) is 0 Å². The summed E-state index contributed by atoms with van der Waals surface area (Å²) in [6, 6.07) is 5.72. The fraction of sp³-hybridized carbons (Fsp3) is 0.500. The highest BCUT2D eigenvalue weighted by Gasteiger charge is 2.11. The zero-order valence-electron chi connectivity index (χ0n) is 9.74. The van der Waals surface area contributed by atoms with Gasteiger partial charge in [0.15, 0.2) is 0 Å². The van der Waals surface area contributed by atoms with Crippen LogP contribution in [0.2, 0.25) is 0 Å². The van der Waals surface area contributed by atoms with Gasteiger partial charge in [-0.15, -0.1) is 0 Å². The van der Waals surface area contributed by atoms with Gasteiger partial charge in [0.05, 0.1) is 6.54 Å². The molecule has 0 fully saturated rings. The largest absolute Gasteiger partial charge is 0.324 e. The number of rotatable bonds is 6. The van der Waals surface area contributed by atoms with Gasteiger partial charge in [0.2, 0.25) is 0 Å². The Hall–Kier alpha value is -1.07. The highest BCUT2D eigenvalue weighted by molar-refractivity contribution is 5.19. The molecule has 0 spiro atoms. The van der Waals surface area contributed by atoms with E-state index in [2.05, 4.69) is 0 Å². The van der Waals surface area contributed by atoms with Gasteiger partial charge in [-0.05, 0) is 37.7 Å². The molecule has 0 heterocycles. The van der Waals surface area contributed by atoms with Crippen LogP contribution in [0.1, 0.15) is 18.0 Å². The summed E-state index contributed by atoms with van der Waals surface area (Å²) < 4.78 is 37.1. The lowest BCUT2D eigenvalue weighted by molar-refractivity contribution is 0.0990. The lowest BCUT2D eigenvalue weighted by Crippen LogP contribution is -2.28. The summed E-state index contributed by atoms with van der Waals surface area (Å²) in [5, 5.41) is 0. The van der Waals surface area contributed by atoms with E-state index in [0.717, 1.165) is 0 Å². The molecule has 1 aromatic rings. The third-order valence-electron chi connectivity index (χ3n) is 2.55. The van der Waals surface area contributed by atoms with E-state index in [9.17, 15) is 13.2 Å². The quantitative estimate of drug-likeness (QED) is 0.835. The van der Waals surface area contributed by atoms with Crippen molar-refractivity contribution < 1.29 is 13.2 Å². The molecule has 2 nitrogen and oxygen atoms in total. The van der Waals surface area contributed by atoms with E-state index in [0.29, 0.717) is 18.5 Å². The van der Waals surface area contributed by atoms with Gasteiger partial charge < -0.3 is 10.6 Å². The topological polar surface area (TPSA) is 29.3 Å². The standard InChI is InChI=1S/C12H17F3N2/c1-17(8-12(14)15)6-5-11(16)9-3-2-4-10(13)7-9/h2-4,7,11-12H,5-6,8,16H2,1H3. The Kier molecular flexibility index (Phi) is 5.44. The van der Waals surface area contributed by atoms with Crippen molar-refractivity contribution in [1.29, 1.82) is 0 Å². The van der Waals surface area contributed by atoms with E-state index in [1.165, 1.54) is 17.0 Å². The summed E-state index contributed by atoms with van der Waals surface area (Å²) in [4.78, 5) is 1.52. The molecular weight excluding hydrogens is 229 g/mol. The first-order chi connectivity index (χ1) is 7.99. The summed E-state index contributed by atoms with van der Waals surface area (Å²) in [5.74, 6) is -0.334. The number of benzene rings is 1. The van der Waals surface area contributed by atoms with Crippen molar-refractivity contribution in [2.45, 2.75) is 18.9 Å². The number of hydrogen-bond donors (Lipinski definition) is 1. The third kappa shape index (κ3) is 5.19. The van der Waals surface area contributed by atoms with E-state index < -0.39 is 6.43 Å².